The topological polar surface area (TPSA) is 61.8 Å². The summed E-state index contributed by atoms with van der Waals surface area (Å²) in [5.74, 6) is -0.220. The van der Waals surface area contributed by atoms with Crippen molar-refractivity contribution in [3.05, 3.63) is 29.8 Å². The smallest absolute Gasteiger partial charge is 0.274 e. The van der Waals surface area contributed by atoms with Crippen molar-refractivity contribution in [1.29, 1.82) is 0 Å². The van der Waals surface area contributed by atoms with Crippen molar-refractivity contribution in [3.8, 4) is 0 Å². The van der Waals surface area contributed by atoms with Crippen LogP contribution in [0.5, 0.6) is 0 Å². The highest BCUT2D eigenvalue weighted by atomic mass is 16.2. The summed E-state index contributed by atoms with van der Waals surface area (Å²) in [6, 6.07) is 7.95. The molecule has 0 spiro atoms. The van der Waals surface area contributed by atoms with E-state index in [1.807, 2.05) is 18.2 Å². The van der Waals surface area contributed by atoms with E-state index < -0.39 is 0 Å². The van der Waals surface area contributed by atoms with Crippen molar-refractivity contribution in [2.24, 2.45) is 5.10 Å². The van der Waals surface area contributed by atoms with Gasteiger partial charge < -0.3 is 4.90 Å². The number of hydrogen-bond acceptors (Lipinski definition) is 3. The Bertz CT molecular complexity index is 566. The highest BCUT2D eigenvalue weighted by Crippen LogP contribution is 2.27. The zero-order chi connectivity index (χ0) is 13.2. The number of nitrogens with zero attached hydrogens (tertiary/aromatic N) is 2. The zero-order valence-corrected chi connectivity index (χ0v) is 10.6. The Balaban J connectivity index is 1.87. The first-order chi connectivity index (χ1) is 9.25. The number of benzene rings is 1. The number of fused-ring (bicyclic) bond motifs is 1. The van der Waals surface area contributed by atoms with Crippen LogP contribution in [0.4, 0.5) is 5.69 Å². The van der Waals surface area contributed by atoms with E-state index in [1.165, 1.54) is 5.56 Å². The molecule has 0 radical (unpaired) electrons. The molecule has 2 heterocycles. The number of carbonyl (C=O) groups is 2. The zero-order valence-electron chi connectivity index (χ0n) is 10.6. The summed E-state index contributed by atoms with van der Waals surface area (Å²) in [4.78, 5) is 25.3. The number of amides is 2. The lowest BCUT2D eigenvalue weighted by molar-refractivity contribution is -0.121. The Labute approximate surface area is 111 Å². The molecule has 2 aliphatic heterocycles. The lowest BCUT2D eigenvalue weighted by Gasteiger charge is -2.30. The first-order valence-electron chi connectivity index (χ1n) is 6.51. The molecule has 0 bridgehead atoms. The summed E-state index contributed by atoms with van der Waals surface area (Å²) in [5, 5.41) is 3.88. The van der Waals surface area contributed by atoms with Gasteiger partial charge in [0, 0.05) is 25.1 Å². The van der Waals surface area contributed by atoms with Gasteiger partial charge in [0.2, 0.25) is 5.91 Å². The SMILES string of the molecule is O=C1CCC(C(=O)N2CCCc3ccccc32)=NN1. The number of nitrogens with one attached hydrogen (secondary N) is 1. The second kappa shape index (κ2) is 4.84. The third kappa shape index (κ3) is 2.23. The third-order valence-electron chi connectivity index (χ3n) is 3.51. The number of hydrogen-bond donors (Lipinski definition) is 1. The molecule has 5 nitrogen and oxygen atoms in total. The molecule has 98 valence electrons. The fraction of sp³-hybridized carbons (Fsp3) is 0.357. The predicted octanol–water partition coefficient (Wildman–Crippen LogP) is 1.23. The lowest BCUT2D eigenvalue weighted by atomic mass is 10.0. The van der Waals surface area contributed by atoms with Gasteiger partial charge in [0.05, 0.1) is 0 Å². The summed E-state index contributed by atoms with van der Waals surface area (Å²) in [6.07, 6.45) is 2.72. The van der Waals surface area contributed by atoms with Gasteiger partial charge in [-0.15, -0.1) is 0 Å². The second-order valence-corrected chi connectivity index (χ2v) is 4.78. The predicted molar refractivity (Wildman–Crippen MR) is 71.9 cm³/mol. The average Bonchev–Trinajstić information content (AvgIpc) is 2.47. The molecule has 0 saturated heterocycles. The molecule has 0 atom stereocenters. The second-order valence-electron chi connectivity index (χ2n) is 4.78. The number of carbonyl (C=O) groups excluding carboxylic acids is 2. The minimum absolute atomic E-state index is 0.0906. The maximum Gasteiger partial charge on any atom is 0.274 e. The number of aryl methyl sites for hydroxylation is 1. The van der Waals surface area contributed by atoms with Crippen LogP contribution in [0.25, 0.3) is 0 Å². The van der Waals surface area contributed by atoms with Crippen molar-refractivity contribution in [1.82, 2.24) is 5.43 Å². The number of rotatable bonds is 1. The van der Waals surface area contributed by atoms with Gasteiger partial charge in [-0.05, 0) is 24.5 Å². The number of para-hydroxylation sites is 1. The maximum atomic E-state index is 12.5. The Morgan fingerprint density at radius 3 is 2.84 bits per heavy atom. The molecule has 1 N–H and O–H groups in total. The highest BCUT2D eigenvalue weighted by Gasteiger charge is 2.27. The van der Waals surface area contributed by atoms with Gasteiger partial charge in [0.1, 0.15) is 5.71 Å². The fourth-order valence-corrected chi connectivity index (χ4v) is 2.53. The molecule has 19 heavy (non-hydrogen) atoms. The summed E-state index contributed by atoms with van der Waals surface area (Å²) in [6.45, 7) is 0.711. The Hall–Kier alpha value is -2.17. The molecular formula is C14H15N3O2. The van der Waals surface area contributed by atoms with Gasteiger partial charge in [0.25, 0.3) is 5.91 Å². The number of hydrazone groups is 1. The fourth-order valence-electron chi connectivity index (χ4n) is 2.53. The van der Waals surface area contributed by atoms with E-state index in [2.05, 4.69) is 16.6 Å². The Morgan fingerprint density at radius 1 is 1.21 bits per heavy atom. The van der Waals surface area contributed by atoms with Crippen LogP contribution < -0.4 is 10.3 Å². The molecule has 0 saturated carbocycles. The number of anilines is 1. The van der Waals surface area contributed by atoms with Crippen molar-refractivity contribution >= 4 is 23.2 Å². The van der Waals surface area contributed by atoms with Crippen molar-refractivity contribution < 1.29 is 9.59 Å². The average molecular weight is 257 g/mol. The van der Waals surface area contributed by atoms with Crippen molar-refractivity contribution in [2.75, 3.05) is 11.4 Å². The van der Waals surface area contributed by atoms with Crippen LogP contribution in [0.1, 0.15) is 24.8 Å². The summed E-state index contributed by atoms with van der Waals surface area (Å²) >= 11 is 0. The van der Waals surface area contributed by atoms with Crippen molar-refractivity contribution in [2.45, 2.75) is 25.7 Å². The molecule has 0 fully saturated rings. The summed E-state index contributed by atoms with van der Waals surface area (Å²) in [7, 11) is 0. The maximum absolute atomic E-state index is 12.5. The minimum atomic E-state index is -0.129. The highest BCUT2D eigenvalue weighted by molar-refractivity contribution is 6.44. The van der Waals surface area contributed by atoms with E-state index >= 15 is 0 Å². The van der Waals surface area contributed by atoms with Crippen LogP contribution in [0.15, 0.2) is 29.4 Å². The van der Waals surface area contributed by atoms with Gasteiger partial charge >= 0.3 is 0 Å². The molecule has 2 aliphatic rings. The monoisotopic (exact) mass is 257 g/mol. The molecule has 0 aliphatic carbocycles. The molecule has 2 amide bonds. The molecule has 1 aromatic carbocycles. The van der Waals surface area contributed by atoms with Gasteiger partial charge in [-0.3, -0.25) is 9.59 Å². The summed E-state index contributed by atoms with van der Waals surface area (Å²) in [5.41, 5.74) is 4.99. The van der Waals surface area contributed by atoms with Crippen LogP contribution in [0.2, 0.25) is 0 Å². The van der Waals surface area contributed by atoms with Crippen LogP contribution in [0, 0.1) is 0 Å². The molecule has 0 aromatic heterocycles. The van der Waals surface area contributed by atoms with Gasteiger partial charge in [0.15, 0.2) is 0 Å². The van der Waals surface area contributed by atoms with Crippen LogP contribution in [0.3, 0.4) is 0 Å². The van der Waals surface area contributed by atoms with E-state index in [0.29, 0.717) is 25.1 Å². The lowest BCUT2D eigenvalue weighted by Crippen LogP contribution is -2.42. The molecule has 3 rings (SSSR count). The molecular weight excluding hydrogens is 242 g/mol. The molecule has 5 heteroatoms. The molecule has 0 unspecified atom stereocenters. The standard InChI is InChI=1S/C14H15N3O2/c18-13-8-7-11(15-16-13)14(19)17-9-3-5-10-4-1-2-6-12(10)17/h1-2,4,6H,3,5,7-9H2,(H,16,18). The van der Waals surface area contributed by atoms with E-state index in [4.69, 9.17) is 0 Å². The normalized spacial score (nSPS) is 18.4. The van der Waals surface area contributed by atoms with Gasteiger partial charge in [-0.25, -0.2) is 5.43 Å². The van der Waals surface area contributed by atoms with Gasteiger partial charge in [-0.2, -0.15) is 5.10 Å². The third-order valence-corrected chi connectivity index (χ3v) is 3.51. The first kappa shape index (κ1) is 11.9. The van der Waals surface area contributed by atoms with Gasteiger partial charge in [-0.1, -0.05) is 18.2 Å². The Kier molecular flexibility index (Phi) is 3.03. The van der Waals surface area contributed by atoms with E-state index in [0.717, 1.165) is 18.5 Å². The van der Waals surface area contributed by atoms with Crippen LogP contribution >= 0.6 is 0 Å². The molecule has 1 aromatic rings. The quantitative estimate of drug-likeness (QED) is 0.822. The van der Waals surface area contributed by atoms with E-state index in [1.54, 1.807) is 4.90 Å². The largest absolute Gasteiger partial charge is 0.307 e. The minimum Gasteiger partial charge on any atom is -0.307 e. The van der Waals surface area contributed by atoms with Crippen LogP contribution in [-0.2, 0) is 16.0 Å². The van der Waals surface area contributed by atoms with Crippen molar-refractivity contribution in [3.63, 3.8) is 0 Å². The Morgan fingerprint density at radius 2 is 2.05 bits per heavy atom. The van der Waals surface area contributed by atoms with Crippen LogP contribution in [-0.4, -0.2) is 24.1 Å². The van der Waals surface area contributed by atoms with E-state index in [9.17, 15) is 9.59 Å². The summed E-state index contributed by atoms with van der Waals surface area (Å²) < 4.78 is 0. The first-order valence-corrected chi connectivity index (χ1v) is 6.51. The van der Waals surface area contributed by atoms with E-state index in [-0.39, 0.29) is 11.8 Å².